The van der Waals surface area contributed by atoms with Crippen LogP contribution in [-0.2, 0) is 11.2 Å². The van der Waals surface area contributed by atoms with E-state index in [1.54, 1.807) is 6.20 Å². The monoisotopic (exact) mass is 298 g/mol. The number of carbonyl (C=O) groups excluding carboxylic acids is 1. The third-order valence-corrected chi connectivity index (χ3v) is 3.02. The molecule has 2 rings (SSSR count). The molecule has 1 aromatic rings. The minimum absolute atomic E-state index is 0.0334. The Labute approximate surface area is 125 Å². The summed E-state index contributed by atoms with van der Waals surface area (Å²) in [4.78, 5) is 21.6. The minimum Gasteiger partial charge on any atom is -0.333 e. The number of aliphatic imine (C=N–C) groups is 1. The Balaban J connectivity index is 0.000000200. The Bertz CT molecular complexity index is 442. The molecule has 2 heterocycles. The van der Waals surface area contributed by atoms with Crippen LogP contribution in [0.5, 0.6) is 0 Å². The van der Waals surface area contributed by atoms with E-state index in [9.17, 15) is 4.79 Å². The van der Waals surface area contributed by atoms with Crippen molar-refractivity contribution >= 4 is 23.3 Å². The van der Waals surface area contributed by atoms with Gasteiger partial charge in [-0.1, -0.05) is 38.3 Å². The van der Waals surface area contributed by atoms with Gasteiger partial charge in [0.05, 0.1) is 6.20 Å². The molecule has 112 valence electrons. The molecular weight excluding hydrogens is 276 g/mol. The van der Waals surface area contributed by atoms with Gasteiger partial charge >= 0.3 is 0 Å². The summed E-state index contributed by atoms with van der Waals surface area (Å²) in [7, 11) is 0. The van der Waals surface area contributed by atoms with Gasteiger partial charge in [0.2, 0.25) is 5.91 Å². The first-order valence-electron chi connectivity index (χ1n) is 7.18. The Kier molecular flexibility index (Phi) is 7.95. The van der Waals surface area contributed by atoms with Crippen molar-refractivity contribution in [3.8, 4) is 0 Å². The summed E-state index contributed by atoms with van der Waals surface area (Å²) >= 11 is 5.62. The van der Waals surface area contributed by atoms with Gasteiger partial charge in [-0.05, 0) is 12.8 Å². The normalized spacial score (nSPS) is 13.6. The highest BCUT2D eigenvalue weighted by Gasteiger charge is 2.11. The molecule has 0 unspecified atom stereocenters. The van der Waals surface area contributed by atoms with Gasteiger partial charge < -0.3 is 10.3 Å². The molecule has 0 saturated heterocycles. The smallest absolute Gasteiger partial charge is 0.246 e. The molecule has 1 aromatic heterocycles. The fourth-order valence-electron chi connectivity index (χ4n) is 1.70. The van der Waals surface area contributed by atoms with Crippen LogP contribution in [0.1, 0.15) is 51.8 Å². The molecule has 0 saturated carbocycles. The van der Waals surface area contributed by atoms with E-state index in [4.69, 9.17) is 11.6 Å². The number of aromatic amines is 1. The van der Waals surface area contributed by atoms with Crippen LogP contribution in [0.2, 0.25) is 5.15 Å². The molecule has 0 aliphatic carbocycles. The molecule has 2 N–H and O–H groups in total. The number of H-pyrrole nitrogens is 1. The van der Waals surface area contributed by atoms with Crippen LogP contribution in [0, 0.1) is 0 Å². The molecule has 1 aliphatic rings. The number of rotatable bonds is 6. The molecule has 0 radical (unpaired) electrons. The van der Waals surface area contributed by atoms with Gasteiger partial charge in [-0.3, -0.25) is 9.79 Å². The van der Waals surface area contributed by atoms with Crippen molar-refractivity contribution in [3.05, 3.63) is 17.2 Å². The zero-order chi connectivity index (χ0) is 14.8. The highest BCUT2D eigenvalue weighted by atomic mass is 35.5. The van der Waals surface area contributed by atoms with Crippen LogP contribution in [0.4, 0.5) is 0 Å². The number of halogens is 1. The van der Waals surface area contributed by atoms with Crippen LogP contribution in [0.15, 0.2) is 11.2 Å². The second-order valence-corrected chi connectivity index (χ2v) is 5.10. The fourth-order valence-corrected chi connectivity index (χ4v) is 1.86. The molecule has 0 atom stereocenters. The third kappa shape index (κ3) is 6.70. The molecule has 1 amide bonds. The zero-order valence-electron chi connectivity index (χ0n) is 12.2. The van der Waals surface area contributed by atoms with Crippen molar-refractivity contribution in [2.75, 3.05) is 6.54 Å². The van der Waals surface area contributed by atoms with Crippen molar-refractivity contribution in [1.82, 2.24) is 15.3 Å². The van der Waals surface area contributed by atoms with Crippen molar-refractivity contribution in [3.63, 3.8) is 0 Å². The number of unbranched alkanes of at least 4 members (excludes halogenated alkanes) is 2. The van der Waals surface area contributed by atoms with E-state index in [0.29, 0.717) is 11.7 Å². The fraction of sp³-hybridized carbons (Fsp3) is 0.643. The molecule has 20 heavy (non-hydrogen) atoms. The quantitative estimate of drug-likeness (QED) is 0.847. The van der Waals surface area contributed by atoms with E-state index >= 15 is 0 Å². The first-order chi connectivity index (χ1) is 9.65. The number of carbonyl (C=O) groups is 1. The van der Waals surface area contributed by atoms with Gasteiger partial charge in [0.1, 0.15) is 23.4 Å². The van der Waals surface area contributed by atoms with E-state index in [1.807, 2.05) is 0 Å². The van der Waals surface area contributed by atoms with Crippen molar-refractivity contribution in [1.29, 1.82) is 0 Å². The third-order valence-electron chi connectivity index (χ3n) is 2.83. The number of amides is 1. The van der Waals surface area contributed by atoms with Gasteiger partial charge in [-0.2, -0.15) is 0 Å². The summed E-state index contributed by atoms with van der Waals surface area (Å²) in [5.74, 6) is 1.89. The number of imidazole rings is 1. The molecule has 0 spiro atoms. The van der Waals surface area contributed by atoms with Crippen molar-refractivity contribution in [2.45, 2.75) is 52.4 Å². The van der Waals surface area contributed by atoms with Gasteiger partial charge in [0.15, 0.2) is 0 Å². The number of nitrogens with one attached hydrogen (secondary N) is 2. The Morgan fingerprint density at radius 1 is 1.25 bits per heavy atom. The number of amidine groups is 1. The van der Waals surface area contributed by atoms with Crippen molar-refractivity contribution in [2.24, 2.45) is 4.99 Å². The maximum absolute atomic E-state index is 10.6. The number of aromatic nitrogens is 2. The Morgan fingerprint density at radius 3 is 2.45 bits per heavy atom. The molecule has 6 heteroatoms. The van der Waals surface area contributed by atoms with E-state index in [1.165, 1.54) is 12.8 Å². The van der Waals surface area contributed by atoms with Gasteiger partial charge in [-0.15, -0.1) is 0 Å². The summed E-state index contributed by atoms with van der Waals surface area (Å²) in [6.45, 7) is 4.61. The predicted molar refractivity (Wildman–Crippen MR) is 82.2 cm³/mol. The first kappa shape index (κ1) is 16.7. The molecular formula is C14H23ClN4O. The average Bonchev–Trinajstić information content (AvgIpc) is 3.03. The van der Waals surface area contributed by atoms with Crippen LogP contribution >= 0.6 is 11.6 Å². The molecule has 5 nitrogen and oxygen atoms in total. The Hall–Kier alpha value is -1.36. The van der Waals surface area contributed by atoms with Crippen LogP contribution in [0.25, 0.3) is 0 Å². The van der Waals surface area contributed by atoms with Crippen LogP contribution < -0.4 is 5.32 Å². The van der Waals surface area contributed by atoms with Crippen LogP contribution in [-0.4, -0.2) is 28.3 Å². The van der Waals surface area contributed by atoms with E-state index in [0.717, 1.165) is 37.3 Å². The topological polar surface area (TPSA) is 70.1 Å². The number of hydrogen-bond acceptors (Lipinski definition) is 3. The summed E-state index contributed by atoms with van der Waals surface area (Å²) in [5, 5.41) is 3.33. The number of nitrogens with zero attached hydrogens (tertiary/aromatic N) is 2. The highest BCUT2D eigenvalue weighted by molar-refractivity contribution is 6.29. The maximum atomic E-state index is 10.6. The van der Waals surface area contributed by atoms with Crippen molar-refractivity contribution < 1.29 is 4.79 Å². The summed E-state index contributed by atoms with van der Waals surface area (Å²) < 4.78 is 0. The van der Waals surface area contributed by atoms with E-state index in [2.05, 4.69) is 34.1 Å². The maximum Gasteiger partial charge on any atom is 0.246 e. The van der Waals surface area contributed by atoms with E-state index in [-0.39, 0.29) is 5.91 Å². The second-order valence-electron chi connectivity index (χ2n) is 4.70. The lowest BCUT2D eigenvalue weighted by Gasteiger charge is -1.96. The lowest BCUT2D eigenvalue weighted by molar-refractivity contribution is -0.117. The first-order valence-corrected chi connectivity index (χ1v) is 7.56. The lowest BCUT2D eigenvalue weighted by atomic mass is 10.2. The van der Waals surface area contributed by atoms with Gasteiger partial charge in [0, 0.05) is 12.8 Å². The standard InChI is InChI=1S/C7H11ClN2.C7H12N2O/c1-2-3-4-7-9-5-6(8)10-7;1-2-3-4-6-8-5-7(10)9-6/h5H,2-4H2,1H3,(H,9,10);2-5H2,1H3,(H,8,9,10). The SMILES string of the molecule is CCCCC1=NCC(=O)N1.CCCCc1ncc(Cl)[nH]1. The average molecular weight is 299 g/mol. The molecule has 0 bridgehead atoms. The molecule has 1 aliphatic heterocycles. The second kappa shape index (κ2) is 9.53. The molecule has 0 fully saturated rings. The zero-order valence-corrected chi connectivity index (χ0v) is 13.0. The number of hydrogen-bond donors (Lipinski definition) is 2. The van der Waals surface area contributed by atoms with Crippen LogP contribution in [0.3, 0.4) is 0 Å². The summed E-state index contributed by atoms with van der Waals surface area (Å²) in [6, 6.07) is 0. The predicted octanol–water partition coefficient (Wildman–Crippen LogP) is 3.11. The van der Waals surface area contributed by atoms with Gasteiger partial charge in [-0.25, -0.2) is 4.98 Å². The number of aryl methyl sites for hydroxylation is 1. The highest BCUT2D eigenvalue weighted by Crippen LogP contribution is 2.05. The van der Waals surface area contributed by atoms with E-state index < -0.39 is 0 Å². The summed E-state index contributed by atoms with van der Waals surface area (Å²) in [6.07, 6.45) is 8.19. The van der Waals surface area contributed by atoms with Gasteiger partial charge in [0.25, 0.3) is 0 Å². The lowest BCUT2D eigenvalue weighted by Crippen LogP contribution is -2.24. The largest absolute Gasteiger partial charge is 0.333 e. The molecule has 0 aromatic carbocycles. The minimum atomic E-state index is 0.0334. The summed E-state index contributed by atoms with van der Waals surface area (Å²) in [5.41, 5.74) is 0. The Morgan fingerprint density at radius 2 is 1.95 bits per heavy atom.